The lowest BCUT2D eigenvalue weighted by atomic mass is 10.1. The lowest BCUT2D eigenvalue weighted by molar-refractivity contribution is -0.222. The van der Waals surface area contributed by atoms with Crippen molar-refractivity contribution in [2.75, 3.05) is 13.2 Å². The minimum absolute atomic E-state index is 0.332. The van der Waals surface area contributed by atoms with Crippen molar-refractivity contribution in [3.05, 3.63) is 0 Å². The van der Waals surface area contributed by atoms with Crippen LogP contribution in [0.4, 0.5) is 0 Å². The Bertz CT molecular complexity index is 232. The predicted octanol–water partition coefficient (Wildman–Crippen LogP) is -3.16. The van der Waals surface area contributed by atoms with Crippen LogP contribution in [0.15, 0.2) is 0 Å². The summed E-state index contributed by atoms with van der Waals surface area (Å²) in [7, 11) is 0. The lowest BCUT2D eigenvalue weighted by Crippen LogP contribution is -2.48. The number of aliphatic hydroxyl groups is 4. The molecule has 1 rings (SSSR count). The monoisotopic (exact) mass is 239 g/mol. The first-order valence-electron chi connectivity index (χ1n) is 4.55. The second-order valence-corrected chi connectivity index (χ2v) is 3.34. The van der Waals surface area contributed by atoms with Crippen molar-refractivity contribution in [3.63, 3.8) is 0 Å². The number of carboxylic acids is 1. The van der Waals surface area contributed by atoms with Crippen molar-refractivity contribution in [2.24, 2.45) is 5.73 Å². The van der Waals surface area contributed by atoms with Gasteiger partial charge in [0.05, 0.1) is 6.61 Å². The van der Waals surface area contributed by atoms with Gasteiger partial charge in [-0.3, -0.25) is 4.79 Å². The topological polar surface area (TPSA) is 153 Å². The van der Waals surface area contributed by atoms with Crippen LogP contribution in [0.25, 0.3) is 0 Å². The van der Waals surface area contributed by atoms with Crippen LogP contribution < -0.4 is 5.73 Å². The summed E-state index contributed by atoms with van der Waals surface area (Å²) < 4.78 is 4.75. The van der Waals surface area contributed by atoms with Crippen LogP contribution in [0, 0.1) is 0 Å². The first-order valence-corrected chi connectivity index (χ1v) is 4.55. The van der Waals surface area contributed by atoms with Crippen molar-refractivity contribution in [1.29, 1.82) is 0 Å². The van der Waals surface area contributed by atoms with E-state index in [1.165, 1.54) is 0 Å². The van der Waals surface area contributed by atoms with Crippen LogP contribution in [0.1, 0.15) is 6.92 Å². The van der Waals surface area contributed by atoms with Crippen molar-refractivity contribution in [3.8, 4) is 0 Å². The molecule has 1 fully saturated rings. The third kappa shape index (κ3) is 3.67. The number of hydrogen-bond donors (Lipinski definition) is 6. The van der Waals surface area contributed by atoms with Crippen molar-refractivity contribution in [2.45, 2.75) is 31.0 Å². The SMILES string of the molecule is CC(=O)O.NC[C@@]1(O)O[C@H](CO)[C@@H](O)[C@@H]1O. The summed E-state index contributed by atoms with van der Waals surface area (Å²) in [5.41, 5.74) is 5.11. The van der Waals surface area contributed by atoms with Gasteiger partial charge in [0.25, 0.3) is 5.97 Å². The van der Waals surface area contributed by atoms with Crippen LogP contribution in [0.2, 0.25) is 0 Å². The smallest absolute Gasteiger partial charge is 0.300 e. The molecule has 1 heterocycles. The van der Waals surface area contributed by atoms with Gasteiger partial charge >= 0.3 is 0 Å². The Morgan fingerprint density at radius 2 is 1.94 bits per heavy atom. The second-order valence-electron chi connectivity index (χ2n) is 3.34. The van der Waals surface area contributed by atoms with Gasteiger partial charge in [0, 0.05) is 13.5 Å². The maximum absolute atomic E-state index is 9.37. The molecule has 1 aliphatic heterocycles. The highest BCUT2D eigenvalue weighted by atomic mass is 16.7. The minimum atomic E-state index is -1.94. The summed E-state index contributed by atoms with van der Waals surface area (Å²) in [4.78, 5) is 9.00. The molecule has 16 heavy (non-hydrogen) atoms. The van der Waals surface area contributed by atoms with Gasteiger partial charge in [-0.1, -0.05) is 0 Å². The molecule has 0 aliphatic carbocycles. The molecule has 96 valence electrons. The molecule has 0 aromatic rings. The maximum atomic E-state index is 9.37. The first kappa shape index (κ1) is 15.2. The highest BCUT2D eigenvalue weighted by Crippen LogP contribution is 2.27. The zero-order valence-corrected chi connectivity index (χ0v) is 8.78. The normalized spacial score (nSPS) is 37.8. The number of aliphatic carboxylic acids is 1. The fourth-order valence-electron chi connectivity index (χ4n) is 1.19. The van der Waals surface area contributed by atoms with Gasteiger partial charge in [-0.25, -0.2) is 0 Å². The highest BCUT2D eigenvalue weighted by molar-refractivity contribution is 5.62. The van der Waals surface area contributed by atoms with Crippen molar-refractivity contribution in [1.82, 2.24) is 0 Å². The second kappa shape index (κ2) is 6.09. The van der Waals surface area contributed by atoms with Crippen LogP contribution in [-0.4, -0.2) is 68.8 Å². The highest BCUT2D eigenvalue weighted by Gasteiger charge is 2.52. The molecule has 7 N–H and O–H groups in total. The van der Waals surface area contributed by atoms with Gasteiger partial charge in [0.15, 0.2) is 0 Å². The average molecular weight is 239 g/mol. The Hall–Kier alpha value is -0.770. The van der Waals surface area contributed by atoms with Crippen molar-refractivity contribution >= 4 is 5.97 Å². The summed E-state index contributed by atoms with van der Waals surface area (Å²) in [6, 6.07) is 0. The number of carboxylic acid groups (broad SMARTS) is 1. The molecule has 1 aliphatic rings. The van der Waals surface area contributed by atoms with E-state index in [-0.39, 0.29) is 6.54 Å². The summed E-state index contributed by atoms with van der Waals surface area (Å²) in [6.07, 6.45) is -3.75. The molecule has 1 saturated heterocycles. The quantitative estimate of drug-likeness (QED) is 0.295. The number of aliphatic hydroxyl groups excluding tert-OH is 3. The molecule has 0 unspecified atom stereocenters. The summed E-state index contributed by atoms with van der Waals surface area (Å²) in [6.45, 7) is 0.280. The van der Waals surface area contributed by atoms with Gasteiger partial charge < -0.3 is 36.0 Å². The Morgan fingerprint density at radius 3 is 2.12 bits per heavy atom. The van der Waals surface area contributed by atoms with Crippen LogP contribution in [-0.2, 0) is 9.53 Å². The van der Waals surface area contributed by atoms with Crippen LogP contribution in [0.3, 0.4) is 0 Å². The molecule has 0 spiro atoms. The molecule has 0 aromatic carbocycles. The fourth-order valence-corrected chi connectivity index (χ4v) is 1.19. The van der Waals surface area contributed by atoms with Crippen LogP contribution in [0.5, 0.6) is 0 Å². The maximum Gasteiger partial charge on any atom is 0.300 e. The predicted molar refractivity (Wildman–Crippen MR) is 51.3 cm³/mol. The van der Waals surface area contributed by atoms with E-state index in [1.807, 2.05) is 0 Å². The molecular formula is C8H17NO7. The molecule has 8 heteroatoms. The third-order valence-corrected chi connectivity index (χ3v) is 1.99. The third-order valence-electron chi connectivity index (χ3n) is 1.99. The molecular weight excluding hydrogens is 222 g/mol. The Kier molecular flexibility index (Phi) is 5.79. The summed E-state index contributed by atoms with van der Waals surface area (Å²) in [5.74, 6) is -2.77. The molecule has 0 amide bonds. The van der Waals surface area contributed by atoms with Gasteiger partial charge in [0.2, 0.25) is 5.79 Å². The number of hydrogen-bond acceptors (Lipinski definition) is 7. The number of carbonyl (C=O) groups is 1. The van der Waals surface area contributed by atoms with Gasteiger partial charge in [-0.15, -0.1) is 0 Å². The lowest BCUT2D eigenvalue weighted by Gasteiger charge is -2.23. The Balaban J connectivity index is 0.000000487. The average Bonchev–Trinajstić information content (AvgIpc) is 2.43. The molecule has 8 nitrogen and oxygen atoms in total. The van der Waals surface area contributed by atoms with E-state index in [1.54, 1.807) is 0 Å². The van der Waals surface area contributed by atoms with Gasteiger partial charge in [-0.2, -0.15) is 0 Å². The number of nitrogens with two attached hydrogens (primary N) is 1. The van der Waals surface area contributed by atoms with Gasteiger partial charge in [0.1, 0.15) is 18.3 Å². The van der Waals surface area contributed by atoms with E-state index in [4.69, 9.17) is 25.5 Å². The van der Waals surface area contributed by atoms with E-state index in [2.05, 4.69) is 0 Å². The van der Waals surface area contributed by atoms with E-state index in [9.17, 15) is 15.3 Å². The van der Waals surface area contributed by atoms with E-state index < -0.39 is 36.7 Å². The summed E-state index contributed by atoms with van der Waals surface area (Å²) in [5, 5.41) is 43.8. The minimum Gasteiger partial charge on any atom is -0.481 e. The van der Waals surface area contributed by atoms with E-state index in [0.717, 1.165) is 6.92 Å². The molecule has 4 atom stereocenters. The summed E-state index contributed by atoms with van der Waals surface area (Å²) >= 11 is 0. The molecule has 0 radical (unpaired) electrons. The Labute approximate surface area is 91.9 Å². The van der Waals surface area contributed by atoms with Gasteiger partial charge in [-0.05, 0) is 0 Å². The van der Waals surface area contributed by atoms with E-state index in [0.29, 0.717) is 0 Å². The largest absolute Gasteiger partial charge is 0.481 e. The molecule has 0 saturated carbocycles. The number of ether oxygens (including phenoxy) is 1. The first-order chi connectivity index (χ1) is 7.28. The zero-order chi connectivity index (χ0) is 12.9. The molecule has 0 aromatic heterocycles. The van der Waals surface area contributed by atoms with Crippen molar-refractivity contribution < 1.29 is 35.1 Å². The molecule has 0 bridgehead atoms. The van der Waals surface area contributed by atoms with Crippen LogP contribution >= 0.6 is 0 Å². The fraction of sp³-hybridized carbons (Fsp3) is 0.875. The number of rotatable bonds is 2. The zero-order valence-electron chi connectivity index (χ0n) is 8.78. The van der Waals surface area contributed by atoms with E-state index >= 15 is 0 Å². The standard InChI is InChI=1S/C6H13NO5.C2H4O2/c7-2-6(11)5(10)4(9)3(1-8)12-6;1-2(3)4/h3-5,8-11H,1-2,7H2;1H3,(H,3,4)/t3-,4-,5+,6-;/m1./s1. The Morgan fingerprint density at radius 1 is 1.50 bits per heavy atom.